The fourth-order valence-corrected chi connectivity index (χ4v) is 1.15. The Hall–Kier alpha value is -1.24. The van der Waals surface area contributed by atoms with Gasteiger partial charge in [0.1, 0.15) is 0 Å². The second kappa shape index (κ2) is 5.60. The van der Waals surface area contributed by atoms with Gasteiger partial charge in [-0.25, -0.2) is 4.39 Å². The lowest BCUT2D eigenvalue weighted by Crippen LogP contribution is -2.30. The second-order valence-corrected chi connectivity index (χ2v) is 5.93. The van der Waals surface area contributed by atoms with Crippen LogP contribution in [0.5, 0.6) is 5.75 Å². The highest BCUT2D eigenvalue weighted by Gasteiger charge is 2.23. The molecule has 0 saturated carbocycles. The molecule has 3 nitrogen and oxygen atoms in total. The summed E-state index contributed by atoms with van der Waals surface area (Å²) in [6, 6.07) is 3.21. The van der Waals surface area contributed by atoms with Crippen LogP contribution in [0.2, 0.25) is 0 Å². The van der Waals surface area contributed by atoms with Crippen LogP contribution >= 0.6 is 15.9 Å². The average molecular weight is 326 g/mol. The minimum atomic E-state index is -3.10. The number of benzene rings is 1. The molecule has 7 heteroatoms. The lowest BCUT2D eigenvalue weighted by Gasteiger charge is -2.16. The van der Waals surface area contributed by atoms with E-state index in [-0.39, 0.29) is 11.6 Å². The van der Waals surface area contributed by atoms with Gasteiger partial charge < -0.3 is 10.1 Å². The van der Waals surface area contributed by atoms with E-state index < -0.39 is 22.5 Å². The third-order valence-electron chi connectivity index (χ3n) is 1.95. The molecule has 1 N–H and O–H groups in total. The molecule has 0 unspecified atom stereocenters. The minimum Gasteiger partial charge on any atom is -0.432 e. The van der Waals surface area contributed by atoms with Crippen LogP contribution in [-0.4, -0.2) is 16.8 Å². The maximum atomic E-state index is 13.3. The molecule has 100 valence electrons. The lowest BCUT2D eigenvalue weighted by molar-refractivity contribution is -0.117. The Morgan fingerprint density at radius 3 is 2.50 bits per heavy atom. The van der Waals surface area contributed by atoms with E-state index in [0.717, 1.165) is 12.1 Å². The first-order valence-electron chi connectivity index (χ1n) is 4.95. The number of rotatable bonds is 4. The molecule has 0 saturated heterocycles. The number of ether oxygens (including phenoxy) is 1. The number of carbonyl (C=O) groups excluding carboxylic acids is 1. The van der Waals surface area contributed by atoms with Crippen molar-refractivity contribution in [3.8, 4) is 5.75 Å². The smallest absolute Gasteiger partial charge is 0.387 e. The zero-order valence-electron chi connectivity index (χ0n) is 9.64. The first-order chi connectivity index (χ1) is 8.20. The number of hydrogen-bond acceptors (Lipinski definition) is 2. The molecule has 0 fully saturated rings. The first kappa shape index (κ1) is 14.8. The molecule has 0 aliphatic rings. The predicted octanol–water partition coefficient (Wildman–Crippen LogP) is 3.54. The van der Waals surface area contributed by atoms with Crippen LogP contribution in [0.1, 0.15) is 13.8 Å². The van der Waals surface area contributed by atoms with Crippen molar-refractivity contribution >= 4 is 27.5 Å². The molecule has 1 aromatic rings. The van der Waals surface area contributed by atoms with Crippen molar-refractivity contribution in [2.24, 2.45) is 0 Å². The summed E-state index contributed by atoms with van der Waals surface area (Å²) in [4.78, 5) is 11.6. The summed E-state index contributed by atoms with van der Waals surface area (Å²) in [5, 5.41) is 2.43. The Labute approximate surface area is 110 Å². The molecule has 0 aromatic heterocycles. The van der Waals surface area contributed by atoms with Gasteiger partial charge in [0, 0.05) is 11.8 Å². The van der Waals surface area contributed by atoms with Gasteiger partial charge in [0.15, 0.2) is 11.6 Å². The van der Waals surface area contributed by atoms with E-state index in [1.54, 1.807) is 13.8 Å². The number of amides is 1. The number of carbonyl (C=O) groups is 1. The van der Waals surface area contributed by atoms with Gasteiger partial charge in [0.2, 0.25) is 5.91 Å². The zero-order valence-corrected chi connectivity index (χ0v) is 11.2. The van der Waals surface area contributed by atoms with E-state index in [1.807, 2.05) is 0 Å². The Balaban J connectivity index is 2.82. The normalized spacial score (nSPS) is 11.5. The Morgan fingerprint density at radius 2 is 2.06 bits per heavy atom. The van der Waals surface area contributed by atoms with Gasteiger partial charge in [0.05, 0.1) is 4.32 Å². The van der Waals surface area contributed by atoms with Gasteiger partial charge in [-0.2, -0.15) is 8.78 Å². The highest BCUT2D eigenvalue weighted by molar-refractivity contribution is 9.10. The van der Waals surface area contributed by atoms with Crippen LogP contribution < -0.4 is 10.1 Å². The zero-order chi connectivity index (χ0) is 13.9. The van der Waals surface area contributed by atoms with E-state index in [0.29, 0.717) is 0 Å². The molecule has 0 aliphatic heterocycles. The molecule has 1 rings (SSSR count). The molecule has 18 heavy (non-hydrogen) atoms. The molecular formula is C11H11BrF3NO2. The molecule has 0 aliphatic carbocycles. The van der Waals surface area contributed by atoms with Crippen molar-refractivity contribution in [3.05, 3.63) is 24.0 Å². The van der Waals surface area contributed by atoms with Gasteiger partial charge in [-0.1, -0.05) is 15.9 Å². The van der Waals surface area contributed by atoms with E-state index in [2.05, 4.69) is 26.0 Å². The van der Waals surface area contributed by atoms with Crippen molar-refractivity contribution in [1.82, 2.24) is 0 Å². The minimum absolute atomic E-state index is 0.159. The highest BCUT2D eigenvalue weighted by Crippen LogP contribution is 2.24. The molecular weight excluding hydrogens is 315 g/mol. The number of nitrogens with one attached hydrogen (secondary N) is 1. The predicted molar refractivity (Wildman–Crippen MR) is 64.7 cm³/mol. The third kappa shape index (κ3) is 4.21. The summed E-state index contributed by atoms with van der Waals surface area (Å²) in [7, 11) is 0. The monoisotopic (exact) mass is 325 g/mol. The molecule has 1 amide bonds. The summed E-state index contributed by atoms with van der Waals surface area (Å²) in [5.41, 5.74) is 0.159. The van der Waals surface area contributed by atoms with Crippen LogP contribution in [-0.2, 0) is 4.79 Å². The lowest BCUT2D eigenvalue weighted by atomic mass is 10.2. The summed E-state index contributed by atoms with van der Waals surface area (Å²) in [6.07, 6.45) is 0. The van der Waals surface area contributed by atoms with Gasteiger partial charge in [-0.3, -0.25) is 4.79 Å². The molecule has 0 spiro atoms. The number of halogens is 4. The van der Waals surface area contributed by atoms with E-state index in [1.165, 1.54) is 6.07 Å². The van der Waals surface area contributed by atoms with Crippen molar-refractivity contribution in [3.63, 3.8) is 0 Å². The Morgan fingerprint density at radius 1 is 1.44 bits per heavy atom. The van der Waals surface area contributed by atoms with Crippen molar-refractivity contribution in [2.75, 3.05) is 5.32 Å². The number of hydrogen-bond donors (Lipinski definition) is 1. The van der Waals surface area contributed by atoms with E-state index in [9.17, 15) is 18.0 Å². The second-order valence-electron chi connectivity index (χ2n) is 3.95. The van der Waals surface area contributed by atoms with Crippen LogP contribution in [0.15, 0.2) is 18.2 Å². The van der Waals surface area contributed by atoms with Crippen molar-refractivity contribution in [1.29, 1.82) is 0 Å². The van der Waals surface area contributed by atoms with Gasteiger partial charge in [-0.05, 0) is 26.0 Å². The standard InChI is InChI=1S/C11H11BrF3NO2/c1-11(2,12)9(17)16-6-3-4-8(7(13)5-6)18-10(14)15/h3-5,10H,1-2H3,(H,16,17). The summed E-state index contributed by atoms with van der Waals surface area (Å²) in [5.74, 6) is -1.92. The van der Waals surface area contributed by atoms with Gasteiger partial charge in [0.25, 0.3) is 0 Å². The van der Waals surface area contributed by atoms with Crippen LogP contribution in [0, 0.1) is 5.82 Å². The molecule has 0 bridgehead atoms. The topological polar surface area (TPSA) is 38.3 Å². The summed E-state index contributed by atoms with van der Waals surface area (Å²) in [6.45, 7) is 0.140. The van der Waals surface area contributed by atoms with Gasteiger partial charge in [-0.15, -0.1) is 0 Å². The Kier molecular flexibility index (Phi) is 4.61. The van der Waals surface area contributed by atoms with Crippen LogP contribution in [0.3, 0.4) is 0 Å². The largest absolute Gasteiger partial charge is 0.432 e. The van der Waals surface area contributed by atoms with Crippen molar-refractivity contribution < 1.29 is 22.7 Å². The van der Waals surface area contributed by atoms with Crippen LogP contribution in [0.4, 0.5) is 18.9 Å². The fraction of sp³-hybridized carbons (Fsp3) is 0.364. The molecule has 0 heterocycles. The Bertz CT molecular complexity index is 446. The SMILES string of the molecule is CC(C)(Br)C(=O)Nc1ccc(OC(F)F)c(F)c1. The van der Waals surface area contributed by atoms with Crippen molar-refractivity contribution in [2.45, 2.75) is 24.8 Å². The van der Waals surface area contributed by atoms with Crippen LogP contribution in [0.25, 0.3) is 0 Å². The fourth-order valence-electron chi connectivity index (χ4n) is 1.05. The number of alkyl halides is 3. The average Bonchev–Trinajstić information content (AvgIpc) is 2.20. The van der Waals surface area contributed by atoms with E-state index in [4.69, 9.17) is 0 Å². The maximum Gasteiger partial charge on any atom is 0.387 e. The molecule has 0 radical (unpaired) electrons. The molecule has 1 aromatic carbocycles. The summed E-state index contributed by atoms with van der Waals surface area (Å²) >= 11 is 3.14. The first-order valence-corrected chi connectivity index (χ1v) is 5.74. The summed E-state index contributed by atoms with van der Waals surface area (Å²) < 4.78 is 40.3. The number of anilines is 1. The maximum absolute atomic E-state index is 13.3. The quantitative estimate of drug-likeness (QED) is 0.860. The highest BCUT2D eigenvalue weighted by atomic mass is 79.9. The van der Waals surface area contributed by atoms with Gasteiger partial charge >= 0.3 is 6.61 Å². The third-order valence-corrected chi connectivity index (χ3v) is 2.31. The van der Waals surface area contributed by atoms with E-state index >= 15 is 0 Å². The molecule has 0 atom stereocenters.